The zero-order valence-corrected chi connectivity index (χ0v) is 16.1. The molecule has 156 valence electrons. The van der Waals surface area contributed by atoms with Crippen LogP contribution in [0.3, 0.4) is 0 Å². The van der Waals surface area contributed by atoms with E-state index in [0.29, 0.717) is 42.0 Å². The molecule has 8 nitrogen and oxygen atoms in total. The van der Waals surface area contributed by atoms with Gasteiger partial charge in [0.25, 0.3) is 5.56 Å². The number of halogens is 1. The van der Waals surface area contributed by atoms with Crippen LogP contribution in [0.1, 0.15) is 11.6 Å². The summed E-state index contributed by atoms with van der Waals surface area (Å²) in [5.41, 5.74) is -0.524. The molecule has 1 aromatic heterocycles. The molecular formula is C21H21FN4O4. The summed E-state index contributed by atoms with van der Waals surface area (Å²) in [4.78, 5) is 42.0. The Hall–Kier alpha value is -3.46. The summed E-state index contributed by atoms with van der Waals surface area (Å²) in [5.74, 6) is -1.90. The van der Waals surface area contributed by atoms with Gasteiger partial charge in [-0.3, -0.25) is 4.79 Å². The third kappa shape index (κ3) is 3.71. The molecule has 30 heavy (non-hydrogen) atoms. The summed E-state index contributed by atoms with van der Waals surface area (Å²) in [5, 5.41) is 12.8. The number of anilines is 1. The minimum absolute atomic E-state index is 0.0496. The van der Waals surface area contributed by atoms with Crippen LogP contribution in [0.4, 0.5) is 10.1 Å². The Bertz CT molecular complexity index is 1200. The molecule has 2 aromatic carbocycles. The first-order chi connectivity index (χ1) is 14.5. The number of carboxylic acid groups (broad SMARTS) is 1. The van der Waals surface area contributed by atoms with Crippen LogP contribution in [0.25, 0.3) is 10.9 Å². The molecule has 1 fully saturated rings. The second-order valence-corrected chi connectivity index (χ2v) is 7.24. The highest BCUT2D eigenvalue weighted by Crippen LogP contribution is 2.24. The highest BCUT2D eigenvalue weighted by molar-refractivity contribution is 5.82. The lowest BCUT2D eigenvalue weighted by atomic mass is 10.1. The summed E-state index contributed by atoms with van der Waals surface area (Å²) in [6, 6.07) is 9.81. The van der Waals surface area contributed by atoms with Crippen molar-refractivity contribution in [2.24, 2.45) is 0 Å². The van der Waals surface area contributed by atoms with Crippen LogP contribution in [-0.2, 0) is 11.2 Å². The quantitative estimate of drug-likeness (QED) is 0.580. The van der Waals surface area contributed by atoms with Gasteiger partial charge in [0, 0.05) is 32.6 Å². The molecule has 1 aliphatic rings. The van der Waals surface area contributed by atoms with E-state index in [1.807, 2.05) is 4.90 Å². The van der Waals surface area contributed by atoms with Crippen molar-refractivity contribution in [3.8, 4) is 0 Å². The predicted octanol–water partition coefficient (Wildman–Crippen LogP) is 1.11. The van der Waals surface area contributed by atoms with E-state index in [1.54, 1.807) is 30.3 Å². The molecule has 1 unspecified atom stereocenters. The minimum atomic E-state index is -1.41. The maximum Gasteiger partial charge on any atom is 0.329 e. The number of piperazine rings is 1. The van der Waals surface area contributed by atoms with Crippen LogP contribution >= 0.6 is 0 Å². The highest BCUT2D eigenvalue weighted by Gasteiger charge is 2.26. The van der Waals surface area contributed by atoms with Gasteiger partial charge in [0.05, 0.1) is 16.6 Å². The number of aliphatic carboxylic acids is 1. The SMILES string of the molecule is O=C(O)C(Cc1ccccc1)n1c(=O)[nH]c2cc(N3CCNCC3)c(F)cc2c1=O. The summed E-state index contributed by atoms with van der Waals surface area (Å²) >= 11 is 0. The van der Waals surface area contributed by atoms with Gasteiger partial charge >= 0.3 is 11.7 Å². The number of aromatic nitrogens is 2. The molecule has 3 N–H and O–H groups in total. The van der Waals surface area contributed by atoms with Gasteiger partial charge in [0.15, 0.2) is 0 Å². The van der Waals surface area contributed by atoms with E-state index in [0.717, 1.165) is 6.07 Å². The number of carbonyl (C=O) groups is 1. The van der Waals surface area contributed by atoms with Gasteiger partial charge in [-0.25, -0.2) is 18.5 Å². The van der Waals surface area contributed by atoms with Crippen molar-refractivity contribution in [3.05, 3.63) is 74.7 Å². The third-order valence-corrected chi connectivity index (χ3v) is 5.32. The predicted molar refractivity (Wildman–Crippen MR) is 111 cm³/mol. The Morgan fingerprint density at radius 1 is 1.13 bits per heavy atom. The monoisotopic (exact) mass is 412 g/mol. The number of nitrogens with zero attached hydrogens (tertiary/aromatic N) is 2. The Labute approximate surface area is 170 Å². The summed E-state index contributed by atoms with van der Waals surface area (Å²) in [6.45, 7) is 2.61. The Balaban J connectivity index is 1.82. The third-order valence-electron chi connectivity index (χ3n) is 5.32. The van der Waals surface area contributed by atoms with Crippen molar-refractivity contribution >= 4 is 22.6 Å². The second-order valence-electron chi connectivity index (χ2n) is 7.24. The molecule has 0 radical (unpaired) electrons. The van der Waals surface area contributed by atoms with Gasteiger partial charge in [-0.15, -0.1) is 0 Å². The van der Waals surface area contributed by atoms with E-state index in [-0.39, 0.29) is 17.3 Å². The zero-order chi connectivity index (χ0) is 21.3. The first-order valence-electron chi connectivity index (χ1n) is 9.66. The van der Waals surface area contributed by atoms with Crippen LogP contribution in [-0.4, -0.2) is 46.8 Å². The van der Waals surface area contributed by atoms with Crippen molar-refractivity contribution in [2.45, 2.75) is 12.5 Å². The molecule has 1 saturated heterocycles. The molecule has 1 aliphatic heterocycles. The van der Waals surface area contributed by atoms with E-state index in [4.69, 9.17) is 0 Å². The van der Waals surface area contributed by atoms with E-state index in [2.05, 4.69) is 10.3 Å². The number of benzene rings is 2. The number of H-pyrrole nitrogens is 1. The largest absolute Gasteiger partial charge is 0.480 e. The minimum Gasteiger partial charge on any atom is -0.480 e. The molecule has 0 saturated carbocycles. The number of aromatic amines is 1. The van der Waals surface area contributed by atoms with Crippen LogP contribution in [0.15, 0.2) is 52.1 Å². The molecule has 2 heterocycles. The van der Waals surface area contributed by atoms with Crippen molar-refractivity contribution in [1.29, 1.82) is 0 Å². The maximum atomic E-state index is 14.8. The Kier molecular flexibility index (Phi) is 5.37. The summed E-state index contributed by atoms with van der Waals surface area (Å²) in [7, 11) is 0. The molecule has 0 amide bonds. The maximum absolute atomic E-state index is 14.8. The molecule has 4 rings (SSSR count). The van der Waals surface area contributed by atoms with E-state index in [9.17, 15) is 23.9 Å². The van der Waals surface area contributed by atoms with Gasteiger partial charge < -0.3 is 20.3 Å². The first-order valence-corrected chi connectivity index (χ1v) is 9.66. The van der Waals surface area contributed by atoms with Crippen LogP contribution in [0, 0.1) is 5.82 Å². The molecule has 0 aliphatic carbocycles. The topological polar surface area (TPSA) is 107 Å². The standard InChI is InChI=1S/C21H21FN4O4/c22-15-11-14-16(12-17(15)25-8-6-23-7-9-25)24-21(30)26(19(14)27)18(20(28)29)10-13-4-2-1-3-5-13/h1-5,11-12,18,23H,6-10H2,(H,24,30)(H,28,29). The number of hydrogen-bond acceptors (Lipinski definition) is 5. The Morgan fingerprint density at radius 2 is 1.83 bits per heavy atom. The average molecular weight is 412 g/mol. The fourth-order valence-electron chi connectivity index (χ4n) is 3.80. The van der Waals surface area contributed by atoms with Gasteiger partial charge in [0.2, 0.25) is 0 Å². The fourth-order valence-corrected chi connectivity index (χ4v) is 3.80. The van der Waals surface area contributed by atoms with Gasteiger partial charge in [-0.05, 0) is 17.7 Å². The molecule has 1 atom stereocenters. The second kappa shape index (κ2) is 8.11. The smallest absolute Gasteiger partial charge is 0.329 e. The van der Waals surface area contributed by atoms with Crippen molar-refractivity contribution < 1.29 is 14.3 Å². The zero-order valence-electron chi connectivity index (χ0n) is 16.1. The van der Waals surface area contributed by atoms with Crippen molar-refractivity contribution in [1.82, 2.24) is 14.9 Å². The fraction of sp³-hybridized carbons (Fsp3) is 0.286. The molecule has 9 heteroatoms. The van der Waals surface area contributed by atoms with Gasteiger partial charge in [0.1, 0.15) is 11.9 Å². The van der Waals surface area contributed by atoms with Crippen LogP contribution in [0.5, 0.6) is 0 Å². The first kappa shape index (κ1) is 19.8. The number of fused-ring (bicyclic) bond motifs is 1. The lowest BCUT2D eigenvalue weighted by molar-refractivity contribution is -0.141. The van der Waals surface area contributed by atoms with Gasteiger partial charge in [-0.1, -0.05) is 30.3 Å². The highest BCUT2D eigenvalue weighted by atomic mass is 19.1. The summed E-state index contributed by atoms with van der Waals surface area (Å²) in [6.07, 6.45) is -0.0496. The van der Waals surface area contributed by atoms with Crippen molar-refractivity contribution in [2.75, 3.05) is 31.1 Å². The average Bonchev–Trinajstić information content (AvgIpc) is 2.74. The van der Waals surface area contributed by atoms with E-state index >= 15 is 0 Å². The van der Waals surface area contributed by atoms with E-state index in [1.165, 1.54) is 6.07 Å². The molecule has 0 spiro atoms. The van der Waals surface area contributed by atoms with Crippen LogP contribution < -0.4 is 21.5 Å². The number of nitrogens with one attached hydrogen (secondary N) is 2. The molecule has 3 aromatic rings. The lowest BCUT2D eigenvalue weighted by Crippen LogP contribution is -2.44. The van der Waals surface area contributed by atoms with E-state index < -0.39 is 29.1 Å². The van der Waals surface area contributed by atoms with Crippen LogP contribution in [0.2, 0.25) is 0 Å². The molecule has 0 bridgehead atoms. The number of carboxylic acids is 1. The number of hydrogen-bond donors (Lipinski definition) is 3. The number of rotatable bonds is 5. The normalized spacial score (nSPS) is 15.3. The summed E-state index contributed by atoms with van der Waals surface area (Å²) < 4.78 is 15.5. The Morgan fingerprint density at radius 3 is 2.50 bits per heavy atom. The van der Waals surface area contributed by atoms with Crippen molar-refractivity contribution in [3.63, 3.8) is 0 Å². The van der Waals surface area contributed by atoms with Gasteiger partial charge in [-0.2, -0.15) is 0 Å². The lowest BCUT2D eigenvalue weighted by Gasteiger charge is -2.29. The molecular weight excluding hydrogens is 391 g/mol.